The summed E-state index contributed by atoms with van der Waals surface area (Å²) in [4.78, 5) is 2.15. The molecule has 1 aromatic carbocycles. The van der Waals surface area contributed by atoms with Gasteiger partial charge in [-0.05, 0) is 44.2 Å². The lowest BCUT2D eigenvalue weighted by Crippen LogP contribution is -2.26. The fourth-order valence-electron chi connectivity index (χ4n) is 2.71. The number of halogens is 1. The zero-order valence-corrected chi connectivity index (χ0v) is 13.8. The minimum atomic E-state index is -2.96. The molecule has 7 heteroatoms. The van der Waals surface area contributed by atoms with Gasteiger partial charge in [0.2, 0.25) is 0 Å². The van der Waals surface area contributed by atoms with Crippen molar-refractivity contribution in [1.82, 2.24) is 14.7 Å². The molecule has 0 unspecified atom stereocenters. The van der Waals surface area contributed by atoms with E-state index in [2.05, 4.69) is 10.00 Å². The Labute approximate surface area is 135 Å². The molecule has 0 N–H and O–H groups in total. The van der Waals surface area contributed by atoms with E-state index in [1.54, 1.807) is 29.9 Å². The van der Waals surface area contributed by atoms with Gasteiger partial charge in [0, 0.05) is 24.8 Å². The van der Waals surface area contributed by atoms with Gasteiger partial charge in [-0.2, -0.15) is 5.10 Å². The fraction of sp³-hybridized carbons (Fsp3) is 0.438. The molecule has 23 heavy (non-hydrogen) atoms. The van der Waals surface area contributed by atoms with E-state index in [9.17, 15) is 12.8 Å². The zero-order valence-electron chi connectivity index (χ0n) is 13.0. The summed E-state index contributed by atoms with van der Waals surface area (Å²) in [6.07, 6.45) is 4.33. The first kappa shape index (κ1) is 16.1. The first-order valence-electron chi connectivity index (χ1n) is 7.67. The van der Waals surface area contributed by atoms with E-state index in [4.69, 9.17) is 0 Å². The molecule has 5 nitrogen and oxygen atoms in total. The van der Waals surface area contributed by atoms with Gasteiger partial charge in [-0.25, -0.2) is 17.5 Å². The summed E-state index contributed by atoms with van der Waals surface area (Å²) in [7, 11) is -2.96. The van der Waals surface area contributed by atoms with Crippen LogP contribution in [0, 0.1) is 5.82 Å². The van der Waals surface area contributed by atoms with E-state index in [1.807, 2.05) is 6.20 Å². The summed E-state index contributed by atoms with van der Waals surface area (Å²) in [5.41, 5.74) is 1.81. The summed E-state index contributed by atoms with van der Waals surface area (Å²) in [6.45, 7) is 3.77. The molecule has 1 saturated heterocycles. The van der Waals surface area contributed by atoms with Gasteiger partial charge in [-0.15, -0.1) is 0 Å². The van der Waals surface area contributed by atoms with E-state index in [0.29, 0.717) is 19.5 Å². The zero-order chi connectivity index (χ0) is 16.4. The highest BCUT2D eigenvalue weighted by molar-refractivity contribution is 7.92. The van der Waals surface area contributed by atoms with Crippen LogP contribution in [0.1, 0.15) is 18.9 Å². The minimum absolute atomic E-state index is 0.209. The van der Waals surface area contributed by atoms with Crippen LogP contribution in [0.15, 0.2) is 36.7 Å². The molecule has 1 aromatic heterocycles. The second-order valence-corrected chi connectivity index (χ2v) is 8.55. The molecule has 1 atom stereocenters. The molecule has 1 fully saturated rings. The Morgan fingerprint density at radius 1 is 1.26 bits per heavy atom. The fourth-order valence-corrected chi connectivity index (χ4v) is 4.09. The molecule has 3 rings (SSSR count). The molecule has 2 heterocycles. The van der Waals surface area contributed by atoms with Gasteiger partial charge < -0.3 is 0 Å². The molecule has 0 saturated carbocycles. The van der Waals surface area contributed by atoms with Crippen molar-refractivity contribution in [1.29, 1.82) is 0 Å². The predicted octanol–water partition coefficient (Wildman–Crippen LogP) is 2.02. The van der Waals surface area contributed by atoms with Gasteiger partial charge in [0.15, 0.2) is 9.84 Å². The van der Waals surface area contributed by atoms with Gasteiger partial charge in [-0.3, -0.25) is 4.90 Å². The largest absolute Gasteiger partial charge is 0.298 e. The standard InChI is InChI=1S/C16H20FN3O2S/c1-13-6-7-19(8-9-23(13,21)22)11-14-10-18-20(12-14)16-4-2-15(17)3-5-16/h2-5,10,12-13H,6-9,11H2,1H3/t13-/m0/s1. The monoisotopic (exact) mass is 337 g/mol. The van der Waals surface area contributed by atoms with Crippen molar-refractivity contribution >= 4 is 9.84 Å². The molecule has 2 aromatic rings. The molecular weight excluding hydrogens is 317 g/mol. The summed E-state index contributed by atoms with van der Waals surface area (Å²) in [6, 6.07) is 6.15. The maximum Gasteiger partial charge on any atom is 0.154 e. The first-order chi connectivity index (χ1) is 10.9. The van der Waals surface area contributed by atoms with Gasteiger partial charge in [-0.1, -0.05) is 0 Å². The van der Waals surface area contributed by atoms with Crippen LogP contribution in [0.2, 0.25) is 0 Å². The van der Waals surface area contributed by atoms with Crippen molar-refractivity contribution in [2.45, 2.75) is 25.1 Å². The molecule has 0 aliphatic carbocycles. The third-order valence-electron chi connectivity index (χ3n) is 4.29. The van der Waals surface area contributed by atoms with Crippen molar-refractivity contribution in [3.05, 3.63) is 48.0 Å². The molecule has 0 amide bonds. The average molecular weight is 337 g/mol. The number of nitrogens with zero attached hydrogens (tertiary/aromatic N) is 3. The van der Waals surface area contributed by atoms with Crippen molar-refractivity contribution in [2.24, 2.45) is 0 Å². The van der Waals surface area contributed by atoms with E-state index >= 15 is 0 Å². The van der Waals surface area contributed by atoms with Gasteiger partial charge >= 0.3 is 0 Å². The number of rotatable bonds is 3. The number of hydrogen-bond acceptors (Lipinski definition) is 4. The van der Waals surface area contributed by atoms with Crippen LogP contribution < -0.4 is 0 Å². The van der Waals surface area contributed by atoms with Crippen LogP contribution >= 0.6 is 0 Å². The maximum absolute atomic E-state index is 13.0. The molecule has 0 radical (unpaired) electrons. The lowest BCUT2D eigenvalue weighted by atomic mass is 10.2. The Morgan fingerprint density at radius 3 is 2.74 bits per heavy atom. The summed E-state index contributed by atoms with van der Waals surface area (Å²) in [5.74, 6) is -0.0682. The molecule has 1 aliphatic heterocycles. The lowest BCUT2D eigenvalue weighted by molar-refractivity contribution is 0.283. The van der Waals surface area contributed by atoms with Crippen LogP contribution in [0.3, 0.4) is 0 Å². The van der Waals surface area contributed by atoms with Gasteiger partial charge in [0.25, 0.3) is 0 Å². The number of aromatic nitrogens is 2. The quantitative estimate of drug-likeness (QED) is 0.860. The Hall–Kier alpha value is -1.73. The summed E-state index contributed by atoms with van der Waals surface area (Å²) >= 11 is 0. The van der Waals surface area contributed by atoms with Crippen LogP contribution in [-0.2, 0) is 16.4 Å². The second-order valence-electron chi connectivity index (χ2n) is 6.01. The van der Waals surface area contributed by atoms with E-state index in [1.165, 1.54) is 12.1 Å². The first-order valence-corrected chi connectivity index (χ1v) is 9.39. The van der Waals surface area contributed by atoms with E-state index in [0.717, 1.165) is 17.8 Å². The van der Waals surface area contributed by atoms with Crippen LogP contribution in [0.5, 0.6) is 0 Å². The Balaban J connectivity index is 1.68. The van der Waals surface area contributed by atoms with Crippen LogP contribution in [-0.4, -0.2) is 47.2 Å². The van der Waals surface area contributed by atoms with Crippen molar-refractivity contribution in [3.8, 4) is 5.69 Å². The van der Waals surface area contributed by atoms with Gasteiger partial charge in [0.1, 0.15) is 5.82 Å². The smallest absolute Gasteiger partial charge is 0.154 e. The normalized spacial score (nSPS) is 21.9. The highest BCUT2D eigenvalue weighted by atomic mass is 32.2. The van der Waals surface area contributed by atoms with E-state index < -0.39 is 9.84 Å². The van der Waals surface area contributed by atoms with E-state index in [-0.39, 0.29) is 16.8 Å². The lowest BCUT2D eigenvalue weighted by Gasteiger charge is -2.17. The number of hydrogen-bond donors (Lipinski definition) is 0. The second kappa shape index (κ2) is 6.41. The molecule has 1 aliphatic rings. The number of sulfone groups is 1. The molecule has 124 valence electrons. The molecule has 0 spiro atoms. The Kier molecular flexibility index (Phi) is 4.50. The van der Waals surface area contributed by atoms with Crippen molar-refractivity contribution in [3.63, 3.8) is 0 Å². The highest BCUT2D eigenvalue weighted by Crippen LogP contribution is 2.16. The average Bonchev–Trinajstić information content (AvgIpc) is 2.94. The Bertz CT molecular complexity index is 771. The van der Waals surface area contributed by atoms with Gasteiger partial charge in [0.05, 0.1) is 22.9 Å². The predicted molar refractivity (Wildman–Crippen MR) is 86.7 cm³/mol. The molecular formula is C16H20FN3O2S. The highest BCUT2D eigenvalue weighted by Gasteiger charge is 2.26. The third-order valence-corrected chi connectivity index (χ3v) is 6.50. The SMILES string of the molecule is C[C@H]1CCN(Cc2cnn(-c3ccc(F)cc3)c2)CCS1(=O)=O. The maximum atomic E-state index is 13.0. The minimum Gasteiger partial charge on any atom is -0.298 e. The summed E-state index contributed by atoms with van der Waals surface area (Å²) < 4.78 is 38.5. The molecule has 0 bridgehead atoms. The number of benzene rings is 1. The van der Waals surface area contributed by atoms with Crippen LogP contribution in [0.4, 0.5) is 4.39 Å². The third kappa shape index (κ3) is 3.79. The van der Waals surface area contributed by atoms with Crippen molar-refractivity contribution in [2.75, 3.05) is 18.8 Å². The summed E-state index contributed by atoms with van der Waals surface area (Å²) in [5, 5.41) is 4.03. The topological polar surface area (TPSA) is 55.2 Å². The van der Waals surface area contributed by atoms with Crippen molar-refractivity contribution < 1.29 is 12.8 Å². The Morgan fingerprint density at radius 2 is 2.00 bits per heavy atom. The van der Waals surface area contributed by atoms with Crippen LogP contribution in [0.25, 0.3) is 5.69 Å².